The van der Waals surface area contributed by atoms with Gasteiger partial charge in [0, 0.05) is 24.8 Å². The van der Waals surface area contributed by atoms with Gasteiger partial charge in [0.1, 0.15) is 23.1 Å². The molecule has 0 radical (unpaired) electrons. The van der Waals surface area contributed by atoms with Gasteiger partial charge in [-0.3, -0.25) is 4.79 Å². The zero-order valence-corrected chi connectivity index (χ0v) is 16.0. The largest absolute Gasteiger partial charge is 0.497 e. The van der Waals surface area contributed by atoms with E-state index in [1.54, 1.807) is 13.2 Å². The van der Waals surface area contributed by atoms with Crippen LogP contribution < -0.4 is 15.0 Å². The van der Waals surface area contributed by atoms with Crippen molar-refractivity contribution in [2.24, 2.45) is 0 Å². The molecule has 1 aliphatic rings. The van der Waals surface area contributed by atoms with Gasteiger partial charge in [-0.25, -0.2) is 9.97 Å². The standard InChI is InChI=1S/C22H22N4O2/c1-15-24-19(22(27)23-14-16-7-9-18(28-2)10-8-16)13-21(25-15)26-12-11-17-5-3-4-6-20(17)26/h3-10,13H,11-12,14H2,1-2H3,(H,23,27). The minimum atomic E-state index is -0.213. The molecule has 6 heteroatoms. The summed E-state index contributed by atoms with van der Waals surface area (Å²) in [5.74, 6) is 1.91. The molecule has 0 unspecified atom stereocenters. The number of fused-ring (bicyclic) bond motifs is 1. The van der Waals surface area contributed by atoms with E-state index in [1.165, 1.54) is 5.56 Å². The van der Waals surface area contributed by atoms with Crippen LogP contribution in [0.25, 0.3) is 0 Å². The number of aromatic nitrogens is 2. The predicted molar refractivity (Wildman–Crippen MR) is 108 cm³/mol. The van der Waals surface area contributed by atoms with Crippen LogP contribution in [0.2, 0.25) is 0 Å². The normalized spacial score (nSPS) is 12.6. The molecular formula is C22H22N4O2. The first-order valence-electron chi connectivity index (χ1n) is 9.26. The van der Waals surface area contributed by atoms with Crippen molar-refractivity contribution in [2.75, 3.05) is 18.6 Å². The summed E-state index contributed by atoms with van der Waals surface area (Å²) in [7, 11) is 1.63. The third-order valence-corrected chi connectivity index (χ3v) is 4.83. The molecule has 0 fully saturated rings. The molecule has 2 aromatic carbocycles. The lowest BCUT2D eigenvalue weighted by atomic mass is 10.2. The van der Waals surface area contributed by atoms with Gasteiger partial charge in [-0.2, -0.15) is 0 Å². The van der Waals surface area contributed by atoms with Crippen molar-refractivity contribution in [3.8, 4) is 5.75 Å². The number of aryl methyl sites for hydroxylation is 1. The van der Waals surface area contributed by atoms with Crippen LogP contribution in [0.1, 0.15) is 27.4 Å². The average Bonchev–Trinajstić information content (AvgIpc) is 3.16. The number of ether oxygens (including phenoxy) is 1. The maximum absolute atomic E-state index is 12.7. The summed E-state index contributed by atoms with van der Waals surface area (Å²) in [5, 5.41) is 2.93. The summed E-state index contributed by atoms with van der Waals surface area (Å²) < 4.78 is 5.16. The fourth-order valence-electron chi connectivity index (χ4n) is 3.40. The number of amides is 1. The van der Waals surface area contributed by atoms with E-state index in [0.29, 0.717) is 18.1 Å². The number of benzene rings is 2. The maximum Gasteiger partial charge on any atom is 0.270 e. The van der Waals surface area contributed by atoms with Crippen molar-refractivity contribution in [3.05, 3.63) is 77.2 Å². The zero-order valence-electron chi connectivity index (χ0n) is 16.0. The Balaban J connectivity index is 1.51. The number of nitrogens with one attached hydrogen (secondary N) is 1. The molecule has 1 N–H and O–H groups in total. The summed E-state index contributed by atoms with van der Waals surface area (Å²) in [6.07, 6.45) is 0.970. The van der Waals surface area contributed by atoms with Crippen molar-refractivity contribution in [2.45, 2.75) is 19.9 Å². The number of anilines is 2. The third-order valence-electron chi connectivity index (χ3n) is 4.83. The lowest BCUT2D eigenvalue weighted by Crippen LogP contribution is -2.25. The molecule has 142 valence electrons. The summed E-state index contributed by atoms with van der Waals surface area (Å²) >= 11 is 0. The van der Waals surface area contributed by atoms with Crippen LogP contribution in [-0.2, 0) is 13.0 Å². The van der Waals surface area contributed by atoms with Crippen LogP contribution in [0.5, 0.6) is 5.75 Å². The van der Waals surface area contributed by atoms with Crippen LogP contribution in [0.3, 0.4) is 0 Å². The van der Waals surface area contributed by atoms with Gasteiger partial charge in [-0.15, -0.1) is 0 Å². The van der Waals surface area contributed by atoms with Gasteiger partial charge >= 0.3 is 0 Å². The molecule has 1 amide bonds. The Hall–Kier alpha value is -3.41. The zero-order chi connectivity index (χ0) is 19.5. The Labute approximate surface area is 164 Å². The Kier molecular flexibility index (Phi) is 4.93. The highest BCUT2D eigenvalue weighted by molar-refractivity contribution is 5.93. The predicted octanol–water partition coefficient (Wildman–Crippen LogP) is 3.42. The van der Waals surface area contributed by atoms with Crippen molar-refractivity contribution in [3.63, 3.8) is 0 Å². The second-order valence-corrected chi connectivity index (χ2v) is 6.72. The molecule has 6 nitrogen and oxygen atoms in total. The lowest BCUT2D eigenvalue weighted by Gasteiger charge is -2.19. The van der Waals surface area contributed by atoms with E-state index in [-0.39, 0.29) is 5.91 Å². The van der Waals surface area contributed by atoms with Gasteiger partial charge in [-0.05, 0) is 42.7 Å². The van der Waals surface area contributed by atoms with Gasteiger partial charge in [-0.1, -0.05) is 30.3 Å². The molecule has 28 heavy (non-hydrogen) atoms. The quantitative estimate of drug-likeness (QED) is 0.741. The Bertz CT molecular complexity index is 1000. The maximum atomic E-state index is 12.7. The lowest BCUT2D eigenvalue weighted by molar-refractivity contribution is 0.0945. The summed E-state index contributed by atoms with van der Waals surface area (Å²) in [6.45, 7) is 3.09. The molecule has 1 aromatic heterocycles. The van der Waals surface area contributed by atoms with E-state index in [9.17, 15) is 4.79 Å². The number of hydrogen-bond donors (Lipinski definition) is 1. The Morgan fingerprint density at radius 3 is 2.71 bits per heavy atom. The van der Waals surface area contributed by atoms with E-state index in [2.05, 4.69) is 32.3 Å². The number of carbonyl (C=O) groups is 1. The molecule has 4 rings (SSSR count). The Morgan fingerprint density at radius 1 is 1.14 bits per heavy atom. The summed E-state index contributed by atoms with van der Waals surface area (Å²) in [5.41, 5.74) is 3.81. The molecular weight excluding hydrogens is 352 g/mol. The van der Waals surface area contributed by atoms with Gasteiger partial charge in [0.05, 0.1) is 7.11 Å². The van der Waals surface area contributed by atoms with E-state index in [4.69, 9.17) is 4.74 Å². The van der Waals surface area contributed by atoms with Crippen LogP contribution in [0.4, 0.5) is 11.5 Å². The van der Waals surface area contributed by atoms with Crippen molar-refractivity contribution in [1.82, 2.24) is 15.3 Å². The van der Waals surface area contributed by atoms with Gasteiger partial charge in [0.25, 0.3) is 5.91 Å². The minimum Gasteiger partial charge on any atom is -0.497 e. The fraction of sp³-hybridized carbons (Fsp3) is 0.227. The number of para-hydroxylation sites is 1. The smallest absolute Gasteiger partial charge is 0.270 e. The van der Waals surface area contributed by atoms with Gasteiger partial charge in [0.15, 0.2) is 0 Å². The monoisotopic (exact) mass is 374 g/mol. The first-order valence-corrected chi connectivity index (χ1v) is 9.26. The fourth-order valence-corrected chi connectivity index (χ4v) is 3.40. The summed E-state index contributed by atoms with van der Waals surface area (Å²) in [4.78, 5) is 23.7. The van der Waals surface area contributed by atoms with Crippen LogP contribution in [-0.4, -0.2) is 29.5 Å². The van der Waals surface area contributed by atoms with Crippen molar-refractivity contribution >= 4 is 17.4 Å². The topological polar surface area (TPSA) is 67.3 Å². The van der Waals surface area contributed by atoms with E-state index >= 15 is 0 Å². The Morgan fingerprint density at radius 2 is 1.93 bits per heavy atom. The molecule has 0 aliphatic carbocycles. The first kappa shape index (κ1) is 18.0. The van der Waals surface area contributed by atoms with E-state index in [0.717, 1.165) is 35.8 Å². The summed E-state index contributed by atoms with van der Waals surface area (Å²) in [6, 6.07) is 17.7. The second-order valence-electron chi connectivity index (χ2n) is 6.72. The first-order chi connectivity index (χ1) is 13.6. The van der Waals surface area contributed by atoms with Gasteiger partial charge < -0.3 is 15.0 Å². The number of nitrogens with zero attached hydrogens (tertiary/aromatic N) is 3. The highest BCUT2D eigenvalue weighted by atomic mass is 16.5. The highest BCUT2D eigenvalue weighted by Crippen LogP contribution is 2.33. The van der Waals surface area contributed by atoms with E-state index in [1.807, 2.05) is 43.3 Å². The second kappa shape index (κ2) is 7.68. The molecule has 1 aliphatic heterocycles. The number of rotatable bonds is 5. The molecule has 0 saturated heterocycles. The molecule has 0 saturated carbocycles. The number of hydrogen-bond acceptors (Lipinski definition) is 5. The molecule has 3 aromatic rings. The van der Waals surface area contributed by atoms with Crippen LogP contribution in [0, 0.1) is 6.92 Å². The SMILES string of the molecule is COc1ccc(CNC(=O)c2cc(N3CCc4ccccc43)nc(C)n2)cc1. The number of carbonyl (C=O) groups excluding carboxylic acids is 1. The molecule has 0 atom stereocenters. The van der Waals surface area contributed by atoms with Gasteiger partial charge in [0.2, 0.25) is 0 Å². The number of methoxy groups -OCH3 is 1. The molecule has 2 heterocycles. The third kappa shape index (κ3) is 3.67. The molecule has 0 spiro atoms. The van der Waals surface area contributed by atoms with Crippen molar-refractivity contribution in [1.29, 1.82) is 0 Å². The van der Waals surface area contributed by atoms with Crippen molar-refractivity contribution < 1.29 is 9.53 Å². The van der Waals surface area contributed by atoms with E-state index < -0.39 is 0 Å². The van der Waals surface area contributed by atoms with Crippen LogP contribution >= 0.6 is 0 Å². The van der Waals surface area contributed by atoms with Crippen LogP contribution in [0.15, 0.2) is 54.6 Å². The highest BCUT2D eigenvalue weighted by Gasteiger charge is 2.22. The minimum absolute atomic E-state index is 0.213. The molecule has 0 bridgehead atoms. The average molecular weight is 374 g/mol.